The third-order valence-corrected chi connectivity index (χ3v) is 2.76. The first-order valence-electron chi connectivity index (χ1n) is 6.29. The first-order chi connectivity index (χ1) is 9.52. The average Bonchev–Trinajstić information content (AvgIpc) is 2.72. The summed E-state index contributed by atoms with van der Waals surface area (Å²) in [5, 5.41) is 6.55. The highest BCUT2D eigenvalue weighted by atomic mass is 16.5. The van der Waals surface area contributed by atoms with E-state index < -0.39 is 0 Å². The van der Waals surface area contributed by atoms with E-state index in [4.69, 9.17) is 15.0 Å². The molecule has 106 valence electrons. The Kier molecular flexibility index (Phi) is 3.93. The molecule has 3 N–H and O–H groups in total. The van der Waals surface area contributed by atoms with E-state index in [0.29, 0.717) is 35.2 Å². The maximum Gasteiger partial charge on any atom is 0.221 e. The molecular weight excluding hydrogens is 258 g/mol. The van der Waals surface area contributed by atoms with Crippen LogP contribution < -0.4 is 15.8 Å². The molecule has 0 unspecified atom stereocenters. The summed E-state index contributed by atoms with van der Waals surface area (Å²) in [7, 11) is 0. The van der Waals surface area contributed by atoms with Crippen molar-refractivity contribution in [1.82, 2.24) is 5.16 Å². The van der Waals surface area contributed by atoms with Gasteiger partial charge in [-0.2, -0.15) is 0 Å². The molecule has 0 aliphatic carbocycles. The summed E-state index contributed by atoms with van der Waals surface area (Å²) >= 11 is 0. The number of hydrogen-bond donors (Lipinski definition) is 2. The predicted molar refractivity (Wildman–Crippen MR) is 76.6 cm³/mol. The van der Waals surface area contributed by atoms with Gasteiger partial charge in [-0.15, -0.1) is 0 Å². The van der Waals surface area contributed by atoms with Crippen LogP contribution in [0.4, 0.5) is 11.4 Å². The Morgan fingerprint density at radius 3 is 2.80 bits per heavy atom. The van der Waals surface area contributed by atoms with Gasteiger partial charge in [0, 0.05) is 12.5 Å². The Labute approximate surface area is 116 Å². The number of aryl methyl sites for hydroxylation is 1. The highest BCUT2D eigenvalue weighted by Crippen LogP contribution is 2.34. The number of nitrogen functional groups attached to an aromatic ring is 1. The van der Waals surface area contributed by atoms with Crippen molar-refractivity contribution in [3.05, 3.63) is 23.9 Å². The van der Waals surface area contributed by atoms with E-state index in [-0.39, 0.29) is 5.91 Å². The van der Waals surface area contributed by atoms with Crippen LogP contribution in [0.1, 0.15) is 19.5 Å². The Bertz CT molecular complexity index is 635. The van der Waals surface area contributed by atoms with E-state index >= 15 is 0 Å². The molecular formula is C14H17N3O3. The van der Waals surface area contributed by atoms with Gasteiger partial charge in [0.05, 0.1) is 12.3 Å². The van der Waals surface area contributed by atoms with Crippen LogP contribution in [-0.4, -0.2) is 17.7 Å². The zero-order valence-electron chi connectivity index (χ0n) is 11.7. The monoisotopic (exact) mass is 275 g/mol. The minimum Gasteiger partial charge on any atom is -0.492 e. The molecule has 1 heterocycles. The molecule has 0 aliphatic rings. The number of carbonyl (C=O) groups is 1. The number of rotatable bonds is 4. The van der Waals surface area contributed by atoms with Gasteiger partial charge in [-0.05, 0) is 32.0 Å². The molecule has 2 aromatic rings. The maximum atomic E-state index is 11.3. The molecule has 0 saturated heterocycles. The molecule has 0 atom stereocenters. The van der Waals surface area contributed by atoms with Crippen molar-refractivity contribution >= 4 is 17.3 Å². The second-order valence-corrected chi connectivity index (χ2v) is 4.34. The predicted octanol–water partition coefficient (Wildman–Crippen LogP) is 2.59. The van der Waals surface area contributed by atoms with E-state index in [1.165, 1.54) is 6.92 Å². The summed E-state index contributed by atoms with van der Waals surface area (Å²) < 4.78 is 10.7. The number of ether oxygens (including phenoxy) is 1. The number of amides is 1. The molecule has 0 aliphatic heterocycles. The largest absolute Gasteiger partial charge is 0.492 e. The molecule has 6 heteroatoms. The Morgan fingerprint density at radius 1 is 1.50 bits per heavy atom. The second kappa shape index (κ2) is 5.64. The topological polar surface area (TPSA) is 90.4 Å². The first kappa shape index (κ1) is 13.9. The smallest absolute Gasteiger partial charge is 0.221 e. The van der Waals surface area contributed by atoms with Gasteiger partial charge in [0.15, 0.2) is 5.76 Å². The fourth-order valence-electron chi connectivity index (χ4n) is 1.82. The van der Waals surface area contributed by atoms with Crippen molar-refractivity contribution in [3.8, 4) is 17.1 Å². The summed E-state index contributed by atoms with van der Waals surface area (Å²) in [6, 6.07) is 5.33. The molecule has 0 saturated carbocycles. The van der Waals surface area contributed by atoms with Crippen LogP contribution in [0.5, 0.6) is 5.75 Å². The lowest BCUT2D eigenvalue weighted by Gasteiger charge is -2.11. The summed E-state index contributed by atoms with van der Waals surface area (Å²) in [6.45, 7) is 5.60. The van der Waals surface area contributed by atoms with Gasteiger partial charge in [0.2, 0.25) is 5.91 Å². The van der Waals surface area contributed by atoms with Gasteiger partial charge in [-0.3, -0.25) is 4.79 Å². The number of nitrogens with zero attached hydrogens (tertiary/aromatic N) is 1. The number of aromatic nitrogens is 1. The lowest BCUT2D eigenvalue weighted by molar-refractivity contribution is -0.114. The lowest BCUT2D eigenvalue weighted by Crippen LogP contribution is -2.08. The van der Waals surface area contributed by atoms with Gasteiger partial charge in [0.1, 0.15) is 17.1 Å². The summed E-state index contributed by atoms with van der Waals surface area (Å²) in [5.74, 6) is 0.906. The van der Waals surface area contributed by atoms with Crippen molar-refractivity contribution in [3.63, 3.8) is 0 Å². The van der Waals surface area contributed by atoms with Gasteiger partial charge >= 0.3 is 0 Å². The third-order valence-electron chi connectivity index (χ3n) is 2.76. The van der Waals surface area contributed by atoms with Crippen LogP contribution in [-0.2, 0) is 4.79 Å². The first-order valence-corrected chi connectivity index (χ1v) is 6.29. The van der Waals surface area contributed by atoms with Crippen molar-refractivity contribution in [2.75, 3.05) is 17.7 Å². The standard InChI is InChI=1S/C14H17N3O3/c1-4-19-12-6-5-10(7-11(12)16-9(3)18)14-13(15)8(2)17-20-14/h5-7H,4,15H2,1-3H3,(H,16,18). The van der Waals surface area contributed by atoms with Crippen molar-refractivity contribution in [2.24, 2.45) is 0 Å². The number of anilines is 2. The van der Waals surface area contributed by atoms with Crippen molar-refractivity contribution in [2.45, 2.75) is 20.8 Å². The molecule has 1 amide bonds. The highest BCUT2D eigenvalue weighted by Gasteiger charge is 2.14. The zero-order chi connectivity index (χ0) is 14.7. The maximum absolute atomic E-state index is 11.3. The molecule has 1 aromatic carbocycles. The van der Waals surface area contributed by atoms with Crippen molar-refractivity contribution in [1.29, 1.82) is 0 Å². The van der Waals surface area contributed by atoms with E-state index in [2.05, 4.69) is 10.5 Å². The van der Waals surface area contributed by atoms with E-state index in [0.717, 1.165) is 5.56 Å². The summed E-state index contributed by atoms with van der Waals surface area (Å²) in [6.07, 6.45) is 0. The number of nitrogens with one attached hydrogen (secondary N) is 1. The Morgan fingerprint density at radius 2 is 2.25 bits per heavy atom. The van der Waals surface area contributed by atoms with Crippen LogP contribution in [0.2, 0.25) is 0 Å². The quantitative estimate of drug-likeness (QED) is 0.895. The van der Waals surface area contributed by atoms with Crippen LogP contribution in [0.3, 0.4) is 0 Å². The Balaban J connectivity index is 2.45. The second-order valence-electron chi connectivity index (χ2n) is 4.34. The van der Waals surface area contributed by atoms with Crippen LogP contribution in [0.15, 0.2) is 22.7 Å². The van der Waals surface area contributed by atoms with Crippen LogP contribution in [0.25, 0.3) is 11.3 Å². The molecule has 20 heavy (non-hydrogen) atoms. The molecule has 2 rings (SSSR count). The SMILES string of the molecule is CCOc1ccc(-c2onc(C)c2N)cc1NC(C)=O. The van der Waals surface area contributed by atoms with E-state index in [9.17, 15) is 4.79 Å². The van der Waals surface area contributed by atoms with E-state index in [1.54, 1.807) is 19.1 Å². The highest BCUT2D eigenvalue weighted by molar-refractivity contribution is 5.91. The molecule has 0 bridgehead atoms. The minimum absolute atomic E-state index is 0.176. The minimum atomic E-state index is -0.176. The Hall–Kier alpha value is -2.50. The fraction of sp³-hybridized carbons (Fsp3) is 0.286. The fourth-order valence-corrected chi connectivity index (χ4v) is 1.82. The number of benzene rings is 1. The van der Waals surface area contributed by atoms with Gasteiger partial charge in [0.25, 0.3) is 0 Å². The lowest BCUT2D eigenvalue weighted by atomic mass is 10.1. The summed E-state index contributed by atoms with van der Waals surface area (Å²) in [4.78, 5) is 11.3. The molecule has 0 radical (unpaired) electrons. The average molecular weight is 275 g/mol. The van der Waals surface area contributed by atoms with Crippen LogP contribution >= 0.6 is 0 Å². The van der Waals surface area contributed by atoms with Gasteiger partial charge < -0.3 is 20.3 Å². The molecule has 0 fully saturated rings. The third kappa shape index (κ3) is 2.74. The summed E-state index contributed by atoms with van der Waals surface area (Å²) in [5.41, 5.74) is 8.34. The molecule has 0 spiro atoms. The normalized spacial score (nSPS) is 10.3. The van der Waals surface area contributed by atoms with Gasteiger partial charge in [-0.1, -0.05) is 5.16 Å². The number of carbonyl (C=O) groups excluding carboxylic acids is 1. The van der Waals surface area contributed by atoms with Gasteiger partial charge in [-0.25, -0.2) is 0 Å². The van der Waals surface area contributed by atoms with Crippen LogP contribution in [0, 0.1) is 6.92 Å². The number of nitrogens with two attached hydrogens (primary N) is 1. The molecule has 1 aromatic heterocycles. The zero-order valence-corrected chi connectivity index (χ0v) is 11.7. The molecule has 6 nitrogen and oxygen atoms in total. The van der Waals surface area contributed by atoms with E-state index in [1.807, 2.05) is 13.0 Å². The number of hydrogen-bond acceptors (Lipinski definition) is 5. The van der Waals surface area contributed by atoms with Crippen molar-refractivity contribution < 1.29 is 14.1 Å².